The van der Waals surface area contributed by atoms with Crippen molar-refractivity contribution < 1.29 is 9.53 Å². The van der Waals surface area contributed by atoms with Crippen molar-refractivity contribution in [1.82, 2.24) is 5.43 Å². The fraction of sp³-hybridized carbons (Fsp3) is 0.385. The Morgan fingerprint density at radius 1 is 1.41 bits per heavy atom. The normalized spacial score (nSPS) is 11.1. The molecule has 1 amide bonds. The van der Waals surface area contributed by atoms with E-state index in [-0.39, 0.29) is 12.5 Å². The lowest BCUT2D eigenvalue weighted by Crippen LogP contribution is -2.25. The highest BCUT2D eigenvalue weighted by atomic mass is 16.5. The molecule has 0 aliphatic carbocycles. The van der Waals surface area contributed by atoms with Crippen molar-refractivity contribution in [2.45, 2.75) is 27.2 Å². The van der Waals surface area contributed by atoms with Gasteiger partial charge in [-0.2, -0.15) is 5.10 Å². The SMILES string of the molecule is CCC(C)=NNC(=O)COc1ccccc1C. The number of para-hydroxylation sites is 1. The van der Waals surface area contributed by atoms with E-state index in [1.165, 1.54) is 0 Å². The van der Waals surface area contributed by atoms with Gasteiger partial charge in [-0.1, -0.05) is 25.1 Å². The van der Waals surface area contributed by atoms with Gasteiger partial charge in [0.15, 0.2) is 6.61 Å². The van der Waals surface area contributed by atoms with Crippen LogP contribution in [0.5, 0.6) is 5.75 Å². The van der Waals surface area contributed by atoms with Gasteiger partial charge in [0.2, 0.25) is 0 Å². The number of hydrogen-bond acceptors (Lipinski definition) is 3. The summed E-state index contributed by atoms with van der Waals surface area (Å²) in [5, 5.41) is 3.91. The average Bonchev–Trinajstić information content (AvgIpc) is 2.35. The van der Waals surface area contributed by atoms with Crippen LogP contribution in [0.1, 0.15) is 25.8 Å². The lowest BCUT2D eigenvalue weighted by molar-refractivity contribution is -0.123. The quantitative estimate of drug-likeness (QED) is 0.627. The molecular formula is C13H18N2O2. The smallest absolute Gasteiger partial charge is 0.277 e. The first-order valence-electron chi connectivity index (χ1n) is 5.64. The molecule has 0 aliphatic rings. The molecule has 1 N–H and O–H groups in total. The molecule has 0 radical (unpaired) electrons. The van der Waals surface area contributed by atoms with Gasteiger partial charge < -0.3 is 4.74 Å². The topological polar surface area (TPSA) is 50.7 Å². The predicted octanol–water partition coefficient (Wildman–Crippen LogP) is 2.28. The Balaban J connectivity index is 2.41. The van der Waals surface area contributed by atoms with Crippen LogP contribution in [0, 0.1) is 6.92 Å². The van der Waals surface area contributed by atoms with Gasteiger partial charge in [0.05, 0.1) is 0 Å². The minimum Gasteiger partial charge on any atom is -0.483 e. The number of nitrogens with zero attached hydrogens (tertiary/aromatic N) is 1. The number of rotatable bonds is 5. The Bertz CT molecular complexity index is 414. The van der Waals surface area contributed by atoms with Gasteiger partial charge in [-0.3, -0.25) is 4.79 Å². The molecule has 0 aromatic heterocycles. The van der Waals surface area contributed by atoms with Crippen molar-refractivity contribution in [2.24, 2.45) is 5.10 Å². The highest BCUT2D eigenvalue weighted by molar-refractivity contribution is 5.84. The van der Waals surface area contributed by atoms with Gasteiger partial charge in [0, 0.05) is 5.71 Å². The molecule has 4 nitrogen and oxygen atoms in total. The number of aryl methyl sites for hydroxylation is 1. The van der Waals surface area contributed by atoms with E-state index in [9.17, 15) is 4.79 Å². The lowest BCUT2D eigenvalue weighted by atomic mass is 10.2. The summed E-state index contributed by atoms with van der Waals surface area (Å²) in [5.74, 6) is 0.472. The van der Waals surface area contributed by atoms with Gasteiger partial charge in [-0.05, 0) is 31.9 Å². The van der Waals surface area contributed by atoms with Crippen molar-refractivity contribution in [2.75, 3.05) is 6.61 Å². The second-order valence-corrected chi connectivity index (χ2v) is 3.79. The molecule has 1 rings (SSSR count). The van der Waals surface area contributed by atoms with E-state index < -0.39 is 0 Å². The van der Waals surface area contributed by atoms with Gasteiger partial charge >= 0.3 is 0 Å². The summed E-state index contributed by atoms with van der Waals surface area (Å²) < 4.78 is 5.38. The molecule has 0 aliphatic heterocycles. The summed E-state index contributed by atoms with van der Waals surface area (Å²) in [6, 6.07) is 7.58. The third kappa shape index (κ3) is 4.68. The van der Waals surface area contributed by atoms with Crippen LogP contribution in [0.2, 0.25) is 0 Å². The first kappa shape index (κ1) is 13.2. The number of hydrazone groups is 1. The lowest BCUT2D eigenvalue weighted by Gasteiger charge is -2.07. The Kier molecular flexibility index (Phi) is 5.20. The summed E-state index contributed by atoms with van der Waals surface area (Å²) >= 11 is 0. The van der Waals surface area contributed by atoms with Gasteiger partial charge in [0.25, 0.3) is 5.91 Å². The summed E-state index contributed by atoms with van der Waals surface area (Å²) in [6.07, 6.45) is 0.818. The van der Waals surface area contributed by atoms with Crippen LogP contribution in [0.25, 0.3) is 0 Å². The minimum atomic E-state index is -0.249. The molecule has 92 valence electrons. The third-order valence-electron chi connectivity index (χ3n) is 2.34. The van der Waals surface area contributed by atoms with Crippen LogP contribution in [0.3, 0.4) is 0 Å². The number of ether oxygens (including phenoxy) is 1. The summed E-state index contributed by atoms with van der Waals surface area (Å²) in [7, 11) is 0. The van der Waals surface area contributed by atoms with Crippen molar-refractivity contribution >= 4 is 11.6 Å². The Hall–Kier alpha value is -1.84. The zero-order chi connectivity index (χ0) is 12.7. The molecule has 0 saturated carbocycles. The van der Waals surface area contributed by atoms with Crippen molar-refractivity contribution in [1.29, 1.82) is 0 Å². The molecule has 0 fully saturated rings. The number of benzene rings is 1. The van der Waals surface area contributed by atoms with E-state index in [0.29, 0.717) is 0 Å². The van der Waals surface area contributed by atoms with E-state index in [1.54, 1.807) is 0 Å². The van der Waals surface area contributed by atoms with Crippen LogP contribution in [0.15, 0.2) is 29.4 Å². The minimum absolute atomic E-state index is 0.0225. The molecule has 0 bridgehead atoms. The molecule has 1 aromatic carbocycles. The van der Waals surface area contributed by atoms with Gasteiger partial charge in [0.1, 0.15) is 5.75 Å². The summed E-state index contributed by atoms with van der Waals surface area (Å²) in [5.41, 5.74) is 4.34. The average molecular weight is 234 g/mol. The maximum Gasteiger partial charge on any atom is 0.277 e. The maximum atomic E-state index is 11.4. The van der Waals surface area contributed by atoms with Crippen LogP contribution in [0.4, 0.5) is 0 Å². The molecule has 0 unspecified atom stereocenters. The molecule has 1 aromatic rings. The van der Waals surface area contributed by atoms with Crippen LogP contribution in [-0.2, 0) is 4.79 Å². The highest BCUT2D eigenvalue weighted by Crippen LogP contribution is 2.15. The van der Waals surface area contributed by atoms with Crippen LogP contribution >= 0.6 is 0 Å². The fourth-order valence-electron chi connectivity index (χ4n) is 1.13. The molecule has 0 spiro atoms. The second-order valence-electron chi connectivity index (χ2n) is 3.79. The van der Waals surface area contributed by atoms with E-state index in [0.717, 1.165) is 23.4 Å². The highest BCUT2D eigenvalue weighted by Gasteiger charge is 2.03. The van der Waals surface area contributed by atoms with E-state index >= 15 is 0 Å². The first-order valence-corrected chi connectivity index (χ1v) is 5.64. The number of nitrogens with one attached hydrogen (secondary N) is 1. The number of carbonyl (C=O) groups excluding carboxylic acids is 1. The predicted molar refractivity (Wildman–Crippen MR) is 68.2 cm³/mol. The first-order chi connectivity index (χ1) is 8.13. The number of carbonyl (C=O) groups is 1. The molecule has 0 atom stereocenters. The standard InChI is InChI=1S/C13H18N2O2/c1-4-11(3)14-15-13(16)9-17-12-8-6-5-7-10(12)2/h5-8H,4,9H2,1-3H3,(H,15,16). The van der Waals surface area contributed by atoms with Crippen molar-refractivity contribution in [3.8, 4) is 5.75 Å². The Morgan fingerprint density at radius 3 is 2.76 bits per heavy atom. The summed E-state index contributed by atoms with van der Waals surface area (Å²) in [4.78, 5) is 11.4. The summed E-state index contributed by atoms with van der Waals surface area (Å²) in [6.45, 7) is 5.76. The fourth-order valence-corrected chi connectivity index (χ4v) is 1.13. The second kappa shape index (κ2) is 6.68. The molecule has 0 heterocycles. The van der Waals surface area contributed by atoms with Gasteiger partial charge in [-0.25, -0.2) is 5.43 Å². The van der Waals surface area contributed by atoms with E-state index in [1.807, 2.05) is 45.0 Å². The van der Waals surface area contributed by atoms with E-state index in [2.05, 4.69) is 10.5 Å². The Morgan fingerprint density at radius 2 is 2.12 bits per heavy atom. The Labute approximate surface area is 102 Å². The monoisotopic (exact) mass is 234 g/mol. The van der Waals surface area contributed by atoms with E-state index in [4.69, 9.17) is 4.74 Å². The molecular weight excluding hydrogens is 216 g/mol. The zero-order valence-corrected chi connectivity index (χ0v) is 10.5. The van der Waals surface area contributed by atoms with Crippen LogP contribution < -0.4 is 10.2 Å². The van der Waals surface area contributed by atoms with Crippen molar-refractivity contribution in [3.63, 3.8) is 0 Å². The molecule has 17 heavy (non-hydrogen) atoms. The largest absolute Gasteiger partial charge is 0.483 e. The number of amides is 1. The van der Waals surface area contributed by atoms with Crippen molar-refractivity contribution in [3.05, 3.63) is 29.8 Å². The van der Waals surface area contributed by atoms with Crippen LogP contribution in [-0.4, -0.2) is 18.2 Å². The maximum absolute atomic E-state index is 11.4. The van der Waals surface area contributed by atoms with Gasteiger partial charge in [-0.15, -0.1) is 0 Å². The number of hydrogen-bond donors (Lipinski definition) is 1. The molecule has 4 heteroatoms. The third-order valence-corrected chi connectivity index (χ3v) is 2.34. The molecule has 0 saturated heterocycles. The zero-order valence-electron chi connectivity index (χ0n) is 10.5.